The van der Waals surface area contributed by atoms with Crippen LogP contribution in [0.5, 0.6) is 0 Å². The molecule has 0 aliphatic rings. The van der Waals surface area contributed by atoms with E-state index in [9.17, 15) is 13.0 Å². The van der Waals surface area contributed by atoms with Gasteiger partial charge in [-0.25, -0.2) is 0 Å². The zero-order chi connectivity index (χ0) is 21.7. The lowest BCUT2D eigenvalue weighted by atomic mass is 9.97. The number of rotatable bonds is 16. The standard InChI is InChI=1S/C25H44O3S/c1-5-6-7-8-9-10-11-12-13-14-15-16-17-18-19-24-20-21(2)22(3)23(4)25(24)29(26,27)28/h20H,5-19H2,1-4H3,(H,26,27,28). The van der Waals surface area contributed by atoms with Crippen LogP contribution >= 0.6 is 0 Å². The predicted octanol–water partition coefficient (Wildman–Crippen LogP) is 7.88. The molecule has 29 heavy (non-hydrogen) atoms. The van der Waals surface area contributed by atoms with E-state index in [0.717, 1.165) is 36.0 Å². The van der Waals surface area contributed by atoms with Crippen LogP contribution in [0.3, 0.4) is 0 Å². The fourth-order valence-electron chi connectivity index (χ4n) is 4.20. The van der Waals surface area contributed by atoms with Gasteiger partial charge in [-0.3, -0.25) is 4.55 Å². The van der Waals surface area contributed by atoms with Crippen molar-refractivity contribution in [2.45, 2.75) is 129 Å². The van der Waals surface area contributed by atoms with Crippen molar-refractivity contribution in [2.24, 2.45) is 0 Å². The highest BCUT2D eigenvalue weighted by Crippen LogP contribution is 2.27. The summed E-state index contributed by atoms with van der Waals surface area (Å²) in [4.78, 5) is 0.135. The van der Waals surface area contributed by atoms with E-state index in [2.05, 4.69) is 6.92 Å². The van der Waals surface area contributed by atoms with Gasteiger partial charge in [0, 0.05) is 0 Å². The molecule has 1 N–H and O–H groups in total. The average Bonchev–Trinajstić information content (AvgIpc) is 2.65. The van der Waals surface area contributed by atoms with Crippen LogP contribution in [0.4, 0.5) is 0 Å². The summed E-state index contributed by atoms with van der Waals surface area (Å²) in [5, 5.41) is 0. The van der Waals surface area contributed by atoms with Crippen molar-refractivity contribution in [1.29, 1.82) is 0 Å². The molecule has 4 heteroatoms. The SMILES string of the molecule is CCCCCCCCCCCCCCCCc1cc(C)c(C)c(C)c1S(=O)(=O)O. The highest BCUT2D eigenvalue weighted by Gasteiger charge is 2.20. The summed E-state index contributed by atoms with van der Waals surface area (Å²) in [6, 6.07) is 1.94. The quantitative estimate of drug-likeness (QED) is 0.217. The molecule has 0 heterocycles. The maximum absolute atomic E-state index is 11.8. The Morgan fingerprint density at radius 2 is 1.10 bits per heavy atom. The second kappa shape index (κ2) is 14.2. The zero-order valence-electron chi connectivity index (χ0n) is 19.4. The smallest absolute Gasteiger partial charge is 0.282 e. The fourth-order valence-corrected chi connectivity index (χ4v) is 5.23. The number of aryl methyl sites for hydroxylation is 2. The van der Waals surface area contributed by atoms with Gasteiger partial charge in [-0.1, -0.05) is 96.5 Å². The van der Waals surface area contributed by atoms with Crippen LogP contribution in [0.25, 0.3) is 0 Å². The minimum Gasteiger partial charge on any atom is -0.282 e. The first-order valence-corrected chi connectivity index (χ1v) is 13.3. The fraction of sp³-hybridized carbons (Fsp3) is 0.760. The Bertz CT molecular complexity index is 693. The second-order valence-electron chi connectivity index (χ2n) is 8.75. The molecular formula is C25H44O3S. The van der Waals surface area contributed by atoms with Gasteiger partial charge in [0.1, 0.15) is 4.90 Å². The first kappa shape index (κ1) is 26.2. The summed E-state index contributed by atoms with van der Waals surface area (Å²) in [6.07, 6.45) is 19.0. The zero-order valence-corrected chi connectivity index (χ0v) is 20.2. The van der Waals surface area contributed by atoms with Crippen molar-refractivity contribution in [3.63, 3.8) is 0 Å². The van der Waals surface area contributed by atoms with Crippen molar-refractivity contribution in [2.75, 3.05) is 0 Å². The summed E-state index contributed by atoms with van der Waals surface area (Å²) in [5.41, 5.74) is 3.50. The van der Waals surface area contributed by atoms with E-state index in [0.29, 0.717) is 5.56 Å². The number of benzene rings is 1. The van der Waals surface area contributed by atoms with Gasteiger partial charge in [0.05, 0.1) is 0 Å². The van der Waals surface area contributed by atoms with Gasteiger partial charge in [0.15, 0.2) is 0 Å². The molecule has 0 bridgehead atoms. The molecule has 0 aliphatic carbocycles. The summed E-state index contributed by atoms with van der Waals surface area (Å²) in [6.45, 7) is 7.97. The Balaban J connectivity index is 2.20. The van der Waals surface area contributed by atoms with Crippen molar-refractivity contribution in [1.82, 2.24) is 0 Å². The molecule has 0 aromatic heterocycles. The highest BCUT2D eigenvalue weighted by molar-refractivity contribution is 7.86. The number of unbranched alkanes of at least 4 members (excludes halogenated alkanes) is 13. The Kier molecular flexibility index (Phi) is 12.8. The lowest BCUT2D eigenvalue weighted by Gasteiger charge is -2.15. The van der Waals surface area contributed by atoms with Crippen LogP contribution in [0, 0.1) is 20.8 Å². The molecule has 1 rings (SSSR count). The first-order valence-electron chi connectivity index (χ1n) is 11.9. The van der Waals surface area contributed by atoms with Crippen molar-refractivity contribution < 1.29 is 13.0 Å². The van der Waals surface area contributed by atoms with E-state index in [-0.39, 0.29) is 4.90 Å². The third kappa shape index (κ3) is 10.1. The molecule has 0 radical (unpaired) electrons. The Labute approximate surface area is 180 Å². The molecule has 0 atom stereocenters. The van der Waals surface area contributed by atoms with Crippen LogP contribution in [0.1, 0.15) is 119 Å². The monoisotopic (exact) mass is 424 g/mol. The van der Waals surface area contributed by atoms with E-state index in [1.54, 1.807) is 6.92 Å². The van der Waals surface area contributed by atoms with Gasteiger partial charge in [0.2, 0.25) is 0 Å². The molecule has 0 fully saturated rings. The van der Waals surface area contributed by atoms with E-state index < -0.39 is 10.1 Å². The summed E-state index contributed by atoms with van der Waals surface area (Å²) >= 11 is 0. The van der Waals surface area contributed by atoms with Crippen molar-refractivity contribution >= 4 is 10.1 Å². The van der Waals surface area contributed by atoms with Crippen molar-refractivity contribution in [3.05, 3.63) is 28.3 Å². The van der Waals surface area contributed by atoms with Gasteiger partial charge in [-0.15, -0.1) is 0 Å². The Hall–Kier alpha value is -0.870. The van der Waals surface area contributed by atoms with Crippen LogP contribution in [-0.2, 0) is 16.5 Å². The van der Waals surface area contributed by atoms with Crippen LogP contribution in [0.2, 0.25) is 0 Å². The molecule has 1 aromatic carbocycles. The van der Waals surface area contributed by atoms with E-state index in [1.807, 2.05) is 19.9 Å². The molecule has 0 saturated heterocycles. The molecule has 168 valence electrons. The van der Waals surface area contributed by atoms with Gasteiger partial charge in [-0.2, -0.15) is 8.42 Å². The normalized spacial score (nSPS) is 11.9. The lowest BCUT2D eigenvalue weighted by Crippen LogP contribution is -2.08. The summed E-state index contributed by atoms with van der Waals surface area (Å²) in [7, 11) is -4.17. The molecule has 0 aliphatic heterocycles. The van der Waals surface area contributed by atoms with E-state index in [1.165, 1.54) is 77.0 Å². The Morgan fingerprint density at radius 1 is 0.690 bits per heavy atom. The Morgan fingerprint density at radius 3 is 1.52 bits per heavy atom. The molecule has 0 saturated carbocycles. The summed E-state index contributed by atoms with van der Waals surface area (Å²) in [5.74, 6) is 0. The molecule has 3 nitrogen and oxygen atoms in total. The van der Waals surface area contributed by atoms with Gasteiger partial charge < -0.3 is 0 Å². The minimum absolute atomic E-state index is 0.135. The number of hydrogen-bond acceptors (Lipinski definition) is 2. The molecular weight excluding hydrogens is 380 g/mol. The van der Waals surface area contributed by atoms with E-state index in [4.69, 9.17) is 0 Å². The lowest BCUT2D eigenvalue weighted by molar-refractivity contribution is 0.480. The first-order chi connectivity index (χ1) is 13.8. The van der Waals surface area contributed by atoms with Gasteiger partial charge in [0.25, 0.3) is 10.1 Å². The third-order valence-corrected chi connectivity index (χ3v) is 7.32. The summed E-state index contributed by atoms with van der Waals surface area (Å²) < 4.78 is 33.3. The average molecular weight is 425 g/mol. The topological polar surface area (TPSA) is 54.4 Å². The van der Waals surface area contributed by atoms with E-state index >= 15 is 0 Å². The predicted molar refractivity (Wildman–Crippen MR) is 124 cm³/mol. The molecule has 0 spiro atoms. The highest BCUT2D eigenvalue weighted by atomic mass is 32.2. The maximum atomic E-state index is 11.8. The maximum Gasteiger partial charge on any atom is 0.295 e. The molecule has 1 aromatic rings. The number of hydrogen-bond donors (Lipinski definition) is 1. The minimum atomic E-state index is -4.17. The van der Waals surface area contributed by atoms with Crippen molar-refractivity contribution in [3.8, 4) is 0 Å². The largest absolute Gasteiger partial charge is 0.295 e. The van der Waals surface area contributed by atoms with Gasteiger partial charge in [-0.05, 0) is 55.9 Å². The third-order valence-electron chi connectivity index (χ3n) is 6.23. The van der Waals surface area contributed by atoms with Crippen LogP contribution < -0.4 is 0 Å². The van der Waals surface area contributed by atoms with Crippen LogP contribution in [-0.4, -0.2) is 13.0 Å². The van der Waals surface area contributed by atoms with Crippen LogP contribution in [0.15, 0.2) is 11.0 Å². The second-order valence-corrected chi connectivity index (χ2v) is 10.1. The molecule has 0 amide bonds. The molecule has 0 unspecified atom stereocenters. The van der Waals surface area contributed by atoms with Gasteiger partial charge >= 0.3 is 0 Å².